The molecule has 2 aromatic rings. The van der Waals surface area contributed by atoms with Crippen LogP contribution in [0, 0.1) is 5.82 Å². The van der Waals surface area contributed by atoms with E-state index in [9.17, 15) is 18.5 Å². The van der Waals surface area contributed by atoms with Crippen LogP contribution in [0.5, 0.6) is 0 Å². The van der Waals surface area contributed by atoms with Gasteiger partial charge < -0.3 is 10.4 Å². The Balaban J connectivity index is 2.46. The standard InChI is InChI=1S/C18H26FN5O3S2/c1-9(2)13-11(19)7-21-14(10(3)4)15(13)23-17(25)24-29(20,27)12-8-22-16(28-12)18(5,6)26/h7-10,26H,1-6H3,(H3,20,23,24,25,27)/t29-/m1/s1. The minimum absolute atomic E-state index is 0.0512. The van der Waals surface area contributed by atoms with Gasteiger partial charge >= 0.3 is 6.03 Å². The van der Waals surface area contributed by atoms with Crippen molar-refractivity contribution in [2.45, 2.75) is 63.2 Å². The predicted molar refractivity (Wildman–Crippen MR) is 112 cm³/mol. The first-order valence-corrected chi connectivity index (χ1v) is 11.4. The van der Waals surface area contributed by atoms with E-state index in [1.165, 1.54) is 20.0 Å². The van der Waals surface area contributed by atoms with Crippen LogP contribution in [-0.2, 0) is 15.5 Å². The summed E-state index contributed by atoms with van der Waals surface area (Å²) in [5.74, 6) is -0.879. The number of hydrogen-bond acceptors (Lipinski definition) is 6. The Bertz CT molecular complexity index is 1030. The SMILES string of the molecule is CC(C)c1ncc(F)c(C(C)C)c1NC(=O)N=[S@@](N)(=O)c1cnc(C(C)(C)O)s1. The molecule has 4 N–H and O–H groups in total. The van der Waals surface area contributed by atoms with Crippen LogP contribution in [0.15, 0.2) is 21.0 Å². The summed E-state index contributed by atoms with van der Waals surface area (Å²) in [7, 11) is -3.60. The summed E-state index contributed by atoms with van der Waals surface area (Å²) < 4.78 is 30.8. The lowest BCUT2D eigenvalue weighted by Crippen LogP contribution is -2.19. The molecule has 29 heavy (non-hydrogen) atoms. The number of amides is 2. The average Bonchev–Trinajstić information content (AvgIpc) is 3.04. The Morgan fingerprint density at radius 1 is 1.28 bits per heavy atom. The van der Waals surface area contributed by atoms with Crippen LogP contribution in [-0.4, -0.2) is 25.3 Å². The molecule has 0 aromatic carbocycles. The van der Waals surface area contributed by atoms with Gasteiger partial charge in [0.2, 0.25) is 0 Å². The molecule has 0 spiro atoms. The highest BCUT2D eigenvalue weighted by Gasteiger charge is 2.25. The maximum atomic E-state index is 14.4. The molecule has 1 atom stereocenters. The third-order valence-corrected chi connectivity index (χ3v) is 7.16. The zero-order valence-electron chi connectivity index (χ0n) is 17.2. The van der Waals surface area contributed by atoms with Gasteiger partial charge in [0.25, 0.3) is 0 Å². The molecule has 8 nitrogen and oxygen atoms in total. The van der Waals surface area contributed by atoms with Crippen LogP contribution < -0.4 is 10.5 Å². The number of carbonyl (C=O) groups excluding carboxylic acids is 1. The first kappa shape index (κ1) is 23.3. The molecular formula is C18H26FN5O3S2. The number of nitrogens with one attached hydrogen (secondary N) is 1. The lowest BCUT2D eigenvalue weighted by molar-refractivity contribution is 0.0783. The molecule has 2 aromatic heterocycles. The van der Waals surface area contributed by atoms with Crippen LogP contribution in [0.4, 0.5) is 14.9 Å². The number of urea groups is 1. The van der Waals surface area contributed by atoms with Crippen molar-refractivity contribution >= 4 is 33.0 Å². The monoisotopic (exact) mass is 443 g/mol. The van der Waals surface area contributed by atoms with Crippen molar-refractivity contribution in [3.05, 3.63) is 34.5 Å². The van der Waals surface area contributed by atoms with E-state index in [0.717, 1.165) is 17.5 Å². The number of pyridine rings is 1. The second-order valence-corrected chi connectivity index (χ2v) is 10.8. The fraction of sp³-hybridized carbons (Fsp3) is 0.500. The summed E-state index contributed by atoms with van der Waals surface area (Å²) in [5, 5.41) is 18.6. The molecule has 0 radical (unpaired) electrons. The molecule has 0 unspecified atom stereocenters. The van der Waals surface area contributed by atoms with Crippen molar-refractivity contribution in [1.29, 1.82) is 0 Å². The highest BCUT2D eigenvalue weighted by atomic mass is 32.2. The molecule has 2 amide bonds. The Hall–Kier alpha value is -1.95. The van der Waals surface area contributed by atoms with Gasteiger partial charge in [0.05, 0.1) is 23.8 Å². The van der Waals surface area contributed by atoms with Crippen molar-refractivity contribution in [1.82, 2.24) is 9.97 Å². The molecule has 0 fully saturated rings. The Morgan fingerprint density at radius 3 is 2.38 bits per heavy atom. The molecule has 2 rings (SSSR count). The van der Waals surface area contributed by atoms with Crippen LogP contribution in [0.3, 0.4) is 0 Å². The topological polar surface area (TPSA) is 131 Å². The number of rotatable bonds is 5. The third kappa shape index (κ3) is 5.35. The predicted octanol–water partition coefficient (Wildman–Crippen LogP) is 4.08. The van der Waals surface area contributed by atoms with Gasteiger partial charge in [0.15, 0.2) is 9.92 Å². The summed E-state index contributed by atoms with van der Waals surface area (Å²) in [6.07, 6.45) is 2.35. The second kappa shape index (κ2) is 8.42. The fourth-order valence-corrected chi connectivity index (χ4v) is 4.69. The van der Waals surface area contributed by atoms with E-state index in [2.05, 4.69) is 19.6 Å². The lowest BCUT2D eigenvalue weighted by atomic mass is 9.96. The van der Waals surface area contributed by atoms with Crippen molar-refractivity contribution in [2.24, 2.45) is 9.50 Å². The molecule has 160 valence electrons. The summed E-state index contributed by atoms with van der Waals surface area (Å²) in [6, 6.07) is -0.980. The highest BCUT2D eigenvalue weighted by molar-refractivity contribution is 7.93. The van der Waals surface area contributed by atoms with Crippen LogP contribution in [0.25, 0.3) is 0 Å². The maximum Gasteiger partial charge on any atom is 0.354 e. The Kier molecular flexibility index (Phi) is 6.78. The quantitative estimate of drug-likeness (QED) is 0.641. The fourth-order valence-electron chi connectivity index (χ4n) is 2.63. The van der Waals surface area contributed by atoms with E-state index in [1.807, 2.05) is 13.8 Å². The first-order chi connectivity index (χ1) is 13.2. The second-order valence-electron chi connectivity index (χ2n) is 7.72. The lowest BCUT2D eigenvalue weighted by Gasteiger charge is -2.19. The molecule has 0 aliphatic carbocycles. The van der Waals surface area contributed by atoms with E-state index >= 15 is 0 Å². The molecule has 0 aliphatic rings. The normalized spacial score (nSPS) is 14.2. The maximum absolute atomic E-state index is 14.4. The number of nitrogens with zero attached hydrogens (tertiary/aromatic N) is 3. The smallest absolute Gasteiger partial charge is 0.354 e. The molecular weight excluding hydrogens is 417 g/mol. The van der Waals surface area contributed by atoms with Gasteiger partial charge in [0, 0.05) is 5.56 Å². The van der Waals surface area contributed by atoms with Crippen LogP contribution >= 0.6 is 11.3 Å². The van der Waals surface area contributed by atoms with Crippen LogP contribution in [0.1, 0.15) is 69.6 Å². The zero-order valence-corrected chi connectivity index (χ0v) is 18.8. The number of thiazole rings is 1. The molecule has 2 heterocycles. The van der Waals surface area contributed by atoms with E-state index in [0.29, 0.717) is 10.7 Å². The van der Waals surface area contributed by atoms with E-state index in [4.69, 9.17) is 5.14 Å². The summed E-state index contributed by atoms with van der Waals surface area (Å²) in [6.45, 7) is 10.3. The zero-order chi connectivity index (χ0) is 22.1. The van der Waals surface area contributed by atoms with Gasteiger partial charge in [-0.05, 0) is 25.7 Å². The van der Waals surface area contributed by atoms with Crippen molar-refractivity contribution < 1.29 is 18.5 Å². The van der Waals surface area contributed by atoms with Gasteiger partial charge in [-0.2, -0.15) is 0 Å². The number of carbonyl (C=O) groups is 1. The summed E-state index contributed by atoms with van der Waals surface area (Å²) >= 11 is 0.906. The van der Waals surface area contributed by atoms with E-state index in [1.54, 1.807) is 13.8 Å². The third-order valence-electron chi connectivity index (χ3n) is 3.97. The van der Waals surface area contributed by atoms with Gasteiger partial charge in [-0.15, -0.1) is 15.7 Å². The van der Waals surface area contributed by atoms with Crippen molar-refractivity contribution in [3.8, 4) is 0 Å². The van der Waals surface area contributed by atoms with Gasteiger partial charge in [-0.3, -0.25) is 4.98 Å². The Morgan fingerprint density at radius 2 is 1.90 bits per heavy atom. The minimum Gasteiger partial charge on any atom is -0.383 e. The van der Waals surface area contributed by atoms with E-state index < -0.39 is 27.4 Å². The van der Waals surface area contributed by atoms with E-state index in [-0.39, 0.29) is 27.3 Å². The average molecular weight is 444 g/mol. The molecule has 0 bridgehead atoms. The number of aromatic nitrogens is 2. The number of halogens is 1. The highest BCUT2D eigenvalue weighted by Crippen LogP contribution is 2.33. The molecule has 11 heteroatoms. The molecule has 0 saturated carbocycles. The number of anilines is 1. The van der Waals surface area contributed by atoms with Crippen molar-refractivity contribution in [2.75, 3.05) is 5.32 Å². The first-order valence-electron chi connectivity index (χ1n) is 8.97. The number of hydrogen-bond donors (Lipinski definition) is 3. The van der Waals surface area contributed by atoms with Crippen molar-refractivity contribution in [3.63, 3.8) is 0 Å². The Labute approximate surface area is 174 Å². The molecule has 0 aliphatic heterocycles. The molecule has 0 saturated heterocycles. The minimum atomic E-state index is -3.60. The number of aliphatic hydroxyl groups is 1. The van der Waals surface area contributed by atoms with Gasteiger partial charge in [-0.25, -0.2) is 23.5 Å². The number of nitrogens with two attached hydrogens (primary N) is 1. The van der Waals surface area contributed by atoms with Crippen LogP contribution in [0.2, 0.25) is 0 Å². The summed E-state index contributed by atoms with van der Waals surface area (Å²) in [5.41, 5.74) is -0.255. The van der Waals surface area contributed by atoms with Gasteiger partial charge in [0.1, 0.15) is 20.6 Å². The largest absolute Gasteiger partial charge is 0.383 e. The van der Waals surface area contributed by atoms with Gasteiger partial charge in [-0.1, -0.05) is 27.7 Å². The summed E-state index contributed by atoms with van der Waals surface area (Å²) in [4.78, 5) is 20.6.